The number of carboxylic acids is 1. The van der Waals surface area contributed by atoms with Crippen LogP contribution < -0.4 is 0 Å². The largest absolute Gasteiger partial charge is 0.481 e. The first-order valence-electron chi connectivity index (χ1n) is 8.21. The normalized spacial score (nSPS) is 13.5. The quantitative estimate of drug-likeness (QED) is 0.153. The van der Waals surface area contributed by atoms with Gasteiger partial charge < -0.3 is 5.11 Å². The van der Waals surface area contributed by atoms with Crippen LogP contribution in [0.25, 0.3) is 0 Å². The van der Waals surface area contributed by atoms with Crippen LogP contribution in [0.15, 0.2) is 36.5 Å². The van der Waals surface area contributed by atoms with Crippen molar-refractivity contribution in [2.45, 2.75) is 70.8 Å². The predicted molar refractivity (Wildman–Crippen MR) is 89.8 cm³/mol. The fourth-order valence-electron chi connectivity index (χ4n) is 1.99. The third-order valence-electron chi connectivity index (χ3n) is 3.24. The molecule has 1 unspecified atom stereocenters. The lowest BCUT2D eigenvalue weighted by Crippen LogP contribution is -2.04. The fourth-order valence-corrected chi connectivity index (χ4v) is 1.99. The first-order chi connectivity index (χ1) is 10.7. The van der Waals surface area contributed by atoms with Crippen molar-refractivity contribution in [3.63, 3.8) is 0 Å². The van der Waals surface area contributed by atoms with Crippen molar-refractivity contribution in [1.82, 2.24) is 0 Å². The molecule has 1 atom stereocenters. The van der Waals surface area contributed by atoms with E-state index >= 15 is 0 Å². The molecule has 0 aromatic rings. The summed E-state index contributed by atoms with van der Waals surface area (Å²) < 4.78 is 0. The van der Waals surface area contributed by atoms with Gasteiger partial charge in [0, 0.05) is 6.42 Å². The molecule has 0 aliphatic rings. The molecule has 0 aromatic carbocycles. The van der Waals surface area contributed by atoms with E-state index < -0.39 is 5.97 Å². The van der Waals surface area contributed by atoms with E-state index in [0.717, 1.165) is 44.9 Å². The Labute approximate surface area is 134 Å². The number of rotatable bonds is 14. The number of unbranched alkanes of at least 4 members (excludes halogenated alkanes) is 5. The lowest BCUT2D eigenvalue weighted by Gasteiger charge is -2.03. The van der Waals surface area contributed by atoms with E-state index in [1.54, 1.807) is 0 Å². The molecule has 0 radical (unpaired) electrons. The molecule has 0 saturated heterocycles. The van der Waals surface area contributed by atoms with Gasteiger partial charge in [0.15, 0.2) is 0 Å². The van der Waals surface area contributed by atoms with Crippen LogP contribution in [0.5, 0.6) is 0 Å². The van der Waals surface area contributed by atoms with E-state index in [9.17, 15) is 4.79 Å². The Morgan fingerprint density at radius 1 is 1.05 bits per heavy atom. The number of hydrogen-bond donors (Lipinski definition) is 2. The minimum Gasteiger partial charge on any atom is -0.481 e. The molecular formula is C18H30O4. The van der Waals surface area contributed by atoms with Crippen molar-refractivity contribution in [1.29, 1.82) is 0 Å². The van der Waals surface area contributed by atoms with Crippen molar-refractivity contribution in [3.05, 3.63) is 36.5 Å². The number of hydrogen-bond acceptors (Lipinski definition) is 3. The van der Waals surface area contributed by atoms with Crippen LogP contribution in [0.3, 0.4) is 0 Å². The highest BCUT2D eigenvalue weighted by Crippen LogP contribution is 2.08. The molecule has 0 heterocycles. The van der Waals surface area contributed by atoms with Crippen LogP contribution in [0.2, 0.25) is 0 Å². The van der Waals surface area contributed by atoms with Crippen molar-refractivity contribution in [3.8, 4) is 0 Å². The Bertz CT molecular complexity index is 345. The summed E-state index contributed by atoms with van der Waals surface area (Å²) in [7, 11) is 0. The molecule has 4 heteroatoms. The first-order valence-corrected chi connectivity index (χ1v) is 8.21. The topological polar surface area (TPSA) is 66.8 Å². The maximum atomic E-state index is 10.3. The summed E-state index contributed by atoms with van der Waals surface area (Å²) in [6.07, 6.45) is 19.7. The Morgan fingerprint density at radius 2 is 1.77 bits per heavy atom. The third kappa shape index (κ3) is 15.0. The van der Waals surface area contributed by atoms with Gasteiger partial charge in [0.1, 0.15) is 6.10 Å². The van der Waals surface area contributed by atoms with Gasteiger partial charge >= 0.3 is 5.97 Å². The maximum Gasteiger partial charge on any atom is 0.303 e. The Hall–Kier alpha value is -1.39. The summed E-state index contributed by atoms with van der Waals surface area (Å²) in [5, 5.41) is 17.3. The van der Waals surface area contributed by atoms with Gasteiger partial charge in [-0.05, 0) is 32.1 Å². The summed E-state index contributed by atoms with van der Waals surface area (Å²) in [5.74, 6) is -0.704. The minimum atomic E-state index is -0.704. The average Bonchev–Trinajstić information content (AvgIpc) is 2.50. The monoisotopic (exact) mass is 310 g/mol. The van der Waals surface area contributed by atoms with Crippen molar-refractivity contribution < 1.29 is 20.0 Å². The van der Waals surface area contributed by atoms with Gasteiger partial charge in [-0.15, -0.1) is 0 Å². The molecular weight excluding hydrogens is 280 g/mol. The van der Waals surface area contributed by atoms with Gasteiger partial charge in [-0.2, -0.15) is 0 Å². The second-order valence-corrected chi connectivity index (χ2v) is 5.27. The van der Waals surface area contributed by atoms with E-state index in [1.807, 2.05) is 30.4 Å². The molecule has 0 bridgehead atoms. The lowest BCUT2D eigenvalue weighted by molar-refractivity contribution is -0.264. The highest BCUT2D eigenvalue weighted by atomic mass is 17.1. The number of carbonyl (C=O) groups is 1. The third-order valence-corrected chi connectivity index (χ3v) is 3.24. The maximum absolute atomic E-state index is 10.3. The van der Waals surface area contributed by atoms with E-state index in [0.29, 0.717) is 6.42 Å². The average molecular weight is 310 g/mol. The molecule has 0 aliphatic heterocycles. The Balaban J connectivity index is 3.57. The zero-order valence-corrected chi connectivity index (χ0v) is 13.6. The molecule has 126 valence electrons. The van der Waals surface area contributed by atoms with Crippen LogP contribution >= 0.6 is 0 Å². The minimum absolute atomic E-state index is 0.284. The molecule has 0 aromatic heterocycles. The van der Waals surface area contributed by atoms with Gasteiger partial charge in [0.05, 0.1) is 0 Å². The molecule has 0 fully saturated rings. The van der Waals surface area contributed by atoms with Crippen LogP contribution in [0.1, 0.15) is 64.7 Å². The molecule has 0 spiro atoms. The second-order valence-electron chi connectivity index (χ2n) is 5.27. The van der Waals surface area contributed by atoms with E-state index in [-0.39, 0.29) is 12.5 Å². The fraction of sp³-hybridized carbons (Fsp3) is 0.611. The summed E-state index contributed by atoms with van der Waals surface area (Å²) in [5.41, 5.74) is 0. The number of allylic oxidation sites excluding steroid dienone is 4. The standard InChI is InChI=1S/C18H30O4/c1-2-3-11-14-17(22-21)15-12-9-7-5-4-6-8-10-13-16-18(19)20/h3,7,9,11-12,15,17,21H,2,4-6,8,10,13-14,16H2,1H3,(H,19,20). The highest BCUT2D eigenvalue weighted by Gasteiger charge is 1.99. The smallest absolute Gasteiger partial charge is 0.303 e. The van der Waals surface area contributed by atoms with Crippen LogP contribution in [-0.4, -0.2) is 22.4 Å². The highest BCUT2D eigenvalue weighted by molar-refractivity contribution is 5.66. The van der Waals surface area contributed by atoms with Gasteiger partial charge in [0.2, 0.25) is 0 Å². The van der Waals surface area contributed by atoms with Crippen LogP contribution in [-0.2, 0) is 9.68 Å². The summed E-state index contributed by atoms with van der Waals surface area (Å²) >= 11 is 0. The Morgan fingerprint density at radius 3 is 2.45 bits per heavy atom. The van der Waals surface area contributed by atoms with Gasteiger partial charge in [-0.25, -0.2) is 4.89 Å². The predicted octanol–water partition coefficient (Wildman–Crippen LogP) is 5.13. The number of aliphatic carboxylic acids is 1. The van der Waals surface area contributed by atoms with Gasteiger partial charge in [-0.1, -0.05) is 62.6 Å². The van der Waals surface area contributed by atoms with Gasteiger partial charge in [0.25, 0.3) is 0 Å². The zero-order chi connectivity index (χ0) is 16.5. The van der Waals surface area contributed by atoms with E-state index in [4.69, 9.17) is 10.4 Å². The van der Waals surface area contributed by atoms with E-state index in [1.165, 1.54) is 0 Å². The zero-order valence-electron chi connectivity index (χ0n) is 13.6. The van der Waals surface area contributed by atoms with Crippen molar-refractivity contribution >= 4 is 5.97 Å². The second kappa shape index (κ2) is 16.0. The van der Waals surface area contributed by atoms with Crippen LogP contribution in [0.4, 0.5) is 0 Å². The summed E-state index contributed by atoms with van der Waals surface area (Å²) in [6.45, 7) is 2.07. The molecule has 0 saturated carbocycles. The molecule has 4 nitrogen and oxygen atoms in total. The van der Waals surface area contributed by atoms with Crippen LogP contribution in [0, 0.1) is 0 Å². The van der Waals surface area contributed by atoms with Crippen molar-refractivity contribution in [2.24, 2.45) is 0 Å². The molecule has 22 heavy (non-hydrogen) atoms. The first kappa shape index (κ1) is 20.6. The SMILES string of the molecule is CCC=CCC(C=CC=CCCCCCCCC(=O)O)OO. The molecule has 0 amide bonds. The summed E-state index contributed by atoms with van der Waals surface area (Å²) in [4.78, 5) is 14.7. The molecule has 2 N–H and O–H groups in total. The van der Waals surface area contributed by atoms with E-state index in [2.05, 4.69) is 17.9 Å². The number of carboxylic acid groups (broad SMARTS) is 1. The molecule has 0 rings (SSSR count). The Kier molecular flexibility index (Phi) is 15.0. The lowest BCUT2D eigenvalue weighted by atomic mass is 10.1. The van der Waals surface area contributed by atoms with Gasteiger partial charge in [-0.3, -0.25) is 10.1 Å². The summed E-state index contributed by atoms with van der Waals surface area (Å²) in [6, 6.07) is 0. The van der Waals surface area contributed by atoms with Crippen molar-refractivity contribution in [2.75, 3.05) is 0 Å². The molecule has 0 aliphatic carbocycles.